The first-order valence-electron chi connectivity index (χ1n) is 11.8. The zero-order valence-electron chi connectivity index (χ0n) is 19.7. The molecule has 0 spiro atoms. The van der Waals surface area contributed by atoms with Gasteiger partial charge in [-0.3, -0.25) is 4.79 Å². The van der Waals surface area contributed by atoms with Gasteiger partial charge in [0.2, 0.25) is 0 Å². The molecular formula is C29H27N3OS. The molecule has 4 nitrogen and oxygen atoms in total. The van der Waals surface area contributed by atoms with Gasteiger partial charge in [-0.2, -0.15) is 5.26 Å². The minimum Gasteiger partial charge on any atom is -0.312 e. The fraction of sp³-hybridized carbons (Fsp3) is 0.276. The highest BCUT2D eigenvalue weighted by atomic mass is 32.1. The zero-order valence-corrected chi connectivity index (χ0v) is 20.6. The van der Waals surface area contributed by atoms with Gasteiger partial charge in [-0.05, 0) is 73.9 Å². The maximum absolute atomic E-state index is 13.6. The second-order valence-corrected chi connectivity index (χ2v) is 10.3. The van der Waals surface area contributed by atoms with Crippen molar-refractivity contribution in [2.75, 3.05) is 5.32 Å². The molecule has 0 bridgehead atoms. The van der Waals surface area contributed by atoms with Crippen LogP contribution in [0.3, 0.4) is 0 Å². The van der Waals surface area contributed by atoms with Crippen LogP contribution >= 0.6 is 11.3 Å². The molecule has 1 atom stereocenters. The Hall–Kier alpha value is -3.49. The molecule has 0 saturated carbocycles. The summed E-state index contributed by atoms with van der Waals surface area (Å²) in [7, 11) is 0. The summed E-state index contributed by atoms with van der Waals surface area (Å²) in [6.07, 6.45) is 4.16. The molecule has 34 heavy (non-hydrogen) atoms. The number of para-hydroxylation sites is 1. The van der Waals surface area contributed by atoms with E-state index in [2.05, 4.69) is 44.3 Å². The van der Waals surface area contributed by atoms with Crippen LogP contribution < -0.4 is 5.32 Å². The number of amides is 1. The molecule has 4 aromatic rings. The largest absolute Gasteiger partial charge is 0.312 e. The monoisotopic (exact) mass is 465 g/mol. The molecule has 5 rings (SSSR count). The van der Waals surface area contributed by atoms with E-state index in [1.807, 2.05) is 36.4 Å². The van der Waals surface area contributed by atoms with Crippen molar-refractivity contribution in [3.8, 4) is 17.3 Å². The summed E-state index contributed by atoms with van der Waals surface area (Å²) in [4.78, 5) is 19.7. The highest BCUT2D eigenvalue weighted by molar-refractivity contribution is 7.16. The lowest BCUT2D eigenvalue weighted by Crippen LogP contribution is -2.13. The van der Waals surface area contributed by atoms with Crippen molar-refractivity contribution in [1.82, 2.24) is 4.98 Å². The van der Waals surface area contributed by atoms with E-state index in [-0.39, 0.29) is 5.91 Å². The average molecular weight is 466 g/mol. The molecule has 0 radical (unpaired) electrons. The summed E-state index contributed by atoms with van der Waals surface area (Å²) in [6, 6.07) is 18.2. The third kappa shape index (κ3) is 3.99. The molecule has 0 aliphatic heterocycles. The normalized spacial score (nSPS) is 15.1. The number of nitriles is 1. The summed E-state index contributed by atoms with van der Waals surface area (Å²) >= 11 is 1.57. The number of aromatic nitrogens is 1. The van der Waals surface area contributed by atoms with E-state index in [9.17, 15) is 10.1 Å². The van der Waals surface area contributed by atoms with Crippen molar-refractivity contribution in [2.24, 2.45) is 5.92 Å². The minimum absolute atomic E-state index is 0.203. The molecule has 0 saturated heterocycles. The lowest BCUT2D eigenvalue weighted by molar-refractivity contribution is 0.102. The van der Waals surface area contributed by atoms with Gasteiger partial charge in [-0.15, -0.1) is 11.3 Å². The zero-order chi connectivity index (χ0) is 23.8. The van der Waals surface area contributed by atoms with E-state index in [1.165, 1.54) is 16.0 Å². The van der Waals surface area contributed by atoms with Gasteiger partial charge in [0.15, 0.2) is 0 Å². The fourth-order valence-electron chi connectivity index (χ4n) is 4.79. The van der Waals surface area contributed by atoms with Crippen molar-refractivity contribution in [3.63, 3.8) is 0 Å². The van der Waals surface area contributed by atoms with E-state index in [0.717, 1.165) is 53.4 Å². The summed E-state index contributed by atoms with van der Waals surface area (Å²) in [5, 5.41) is 14.4. The van der Waals surface area contributed by atoms with Crippen LogP contribution in [0.1, 0.15) is 57.3 Å². The first kappa shape index (κ1) is 22.3. The number of anilines is 1. The second kappa shape index (κ2) is 9.04. The van der Waals surface area contributed by atoms with Gasteiger partial charge in [-0.25, -0.2) is 4.98 Å². The van der Waals surface area contributed by atoms with Crippen LogP contribution in [0.2, 0.25) is 0 Å². The Bertz CT molecular complexity index is 1460. The Labute approximate surface area is 204 Å². The molecule has 170 valence electrons. The van der Waals surface area contributed by atoms with Gasteiger partial charge in [0, 0.05) is 15.8 Å². The Kier molecular flexibility index (Phi) is 5.93. The van der Waals surface area contributed by atoms with Gasteiger partial charge in [0.25, 0.3) is 5.91 Å². The number of carbonyl (C=O) groups is 1. The molecule has 5 heteroatoms. The Morgan fingerprint density at radius 3 is 2.76 bits per heavy atom. The summed E-state index contributed by atoms with van der Waals surface area (Å²) in [6.45, 7) is 6.39. The molecule has 1 amide bonds. The Morgan fingerprint density at radius 2 is 2.00 bits per heavy atom. The SMILES string of the molecule is CC[C@@H]1CCc2c(sc(NC(=O)c3cc(-c4ccc(C)c(C)c4)nc4ccccc34)c2C#N)C1. The predicted octanol–water partition coefficient (Wildman–Crippen LogP) is 7.22. The maximum Gasteiger partial charge on any atom is 0.257 e. The van der Waals surface area contributed by atoms with Crippen molar-refractivity contribution in [2.45, 2.75) is 46.5 Å². The molecule has 0 fully saturated rings. The maximum atomic E-state index is 13.6. The van der Waals surface area contributed by atoms with Crippen molar-refractivity contribution in [1.29, 1.82) is 5.26 Å². The number of aryl methyl sites for hydroxylation is 2. The lowest BCUT2D eigenvalue weighted by Gasteiger charge is -2.20. The quantitative estimate of drug-likeness (QED) is 0.346. The number of nitrogens with zero attached hydrogens (tertiary/aromatic N) is 2. The van der Waals surface area contributed by atoms with Gasteiger partial charge < -0.3 is 5.32 Å². The highest BCUT2D eigenvalue weighted by Crippen LogP contribution is 2.40. The summed E-state index contributed by atoms with van der Waals surface area (Å²) in [5.74, 6) is 0.455. The van der Waals surface area contributed by atoms with Crippen LogP contribution in [0.4, 0.5) is 5.00 Å². The molecule has 2 aromatic heterocycles. The van der Waals surface area contributed by atoms with Crippen molar-refractivity contribution >= 4 is 33.1 Å². The first-order chi connectivity index (χ1) is 16.5. The molecule has 0 unspecified atom stereocenters. The molecule has 1 aliphatic rings. The predicted molar refractivity (Wildman–Crippen MR) is 139 cm³/mol. The van der Waals surface area contributed by atoms with Crippen LogP contribution in [-0.2, 0) is 12.8 Å². The van der Waals surface area contributed by atoms with Gasteiger partial charge in [0.1, 0.15) is 11.1 Å². The molecule has 2 aromatic carbocycles. The molecule has 1 aliphatic carbocycles. The standard InChI is InChI=1S/C29H27N3OS/c1-4-19-10-12-22-24(16-30)29(34-27(22)14-19)32-28(33)23-15-26(20-11-9-17(2)18(3)13-20)31-25-8-6-5-7-21(23)25/h5-9,11,13,15,19H,4,10,12,14H2,1-3H3,(H,32,33)/t19-/m1/s1. The Balaban J connectivity index is 1.56. The number of benzene rings is 2. The average Bonchev–Trinajstić information content (AvgIpc) is 3.20. The number of rotatable bonds is 4. The number of carbonyl (C=O) groups excluding carboxylic acids is 1. The second-order valence-electron chi connectivity index (χ2n) is 9.16. The third-order valence-electron chi connectivity index (χ3n) is 7.05. The number of hydrogen-bond donors (Lipinski definition) is 1. The summed E-state index contributed by atoms with van der Waals surface area (Å²) < 4.78 is 0. The number of hydrogen-bond acceptors (Lipinski definition) is 4. The lowest BCUT2D eigenvalue weighted by atomic mass is 9.86. The van der Waals surface area contributed by atoms with Gasteiger partial charge in [0.05, 0.1) is 22.3 Å². The van der Waals surface area contributed by atoms with Crippen LogP contribution in [-0.4, -0.2) is 10.9 Å². The van der Waals surface area contributed by atoms with E-state index in [4.69, 9.17) is 4.98 Å². The summed E-state index contributed by atoms with van der Waals surface area (Å²) in [5.41, 5.74) is 7.27. The van der Waals surface area contributed by atoms with Crippen molar-refractivity contribution < 1.29 is 4.79 Å². The molecular weight excluding hydrogens is 438 g/mol. The topological polar surface area (TPSA) is 65.8 Å². The van der Waals surface area contributed by atoms with Gasteiger partial charge >= 0.3 is 0 Å². The van der Waals surface area contributed by atoms with Gasteiger partial charge in [-0.1, -0.05) is 43.7 Å². The smallest absolute Gasteiger partial charge is 0.257 e. The van der Waals surface area contributed by atoms with Crippen LogP contribution in [0.5, 0.6) is 0 Å². The number of pyridine rings is 1. The van der Waals surface area contributed by atoms with Crippen LogP contribution in [0, 0.1) is 31.1 Å². The van der Waals surface area contributed by atoms with E-state index >= 15 is 0 Å². The first-order valence-corrected chi connectivity index (χ1v) is 12.6. The number of fused-ring (bicyclic) bond motifs is 2. The van der Waals surface area contributed by atoms with Crippen molar-refractivity contribution in [3.05, 3.63) is 81.2 Å². The number of thiophene rings is 1. The molecule has 1 N–H and O–H groups in total. The minimum atomic E-state index is -0.203. The van der Waals surface area contributed by atoms with Crippen LogP contribution in [0.25, 0.3) is 22.2 Å². The fourth-order valence-corrected chi connectivity index (χ4v) is 6.10. The Morgan fingerprint density at radius 1 is 1.18 bits per heavy atom. The molecule has 2 heterocycles. The highest BCUT2D eigenvalue weighted by Gasteiger charge is 2.26. The van der Waals surface area contributed by atoms with E-state index in [0.29, 0.717) is 22.0 Å². The van der Waals surface area contributed by atoms with E-state index < -0.39 is 0 Å². The number of nitrogens with one attached hydrogen (secondary N) is 1. The third-order valence-corrected chi connectivity index (χ3v) is 8.22. The van der Waals surface area contributed by atoms with E-state index in [1.54, 1.807) is 11.3 Å². The van der Waals surface area contributed by atoms with Crippen LogP contribution in [0.15, 0.2) is 48.5 Å².